The highest BCUT2D eigenvalue weighted by Crippen LogP contribution is 2.33. The van der Waals surface area contributed by atoms with Gasteiger partial charge in [-0.15, -0.1) is 0 Å². The van der Waals surface area contributed by atoms with Crippen LogP contribution in [0.15, 0.2) is 109 Å². The molecule has 0 unspecified atom stereocenters. The molecular formula is C33H30Al2I2N4O7. The van der Waals surface area contributed by atoms with E-state index in [4.69, 9.17) is 9.84 Å². The fourth-order valence-corrected chi connectivity index (χ4v) is 5.56. The number of nitro benzene ring substituents is 2. The number of rotatable bonds is 6. The van der Waals surface area contributed by atoms with E-state index in [-0.39, 0.29) is 28.7 Å². The van der Waals surface area contributed by atoms with Crippen molar-refractivity contribution in [1.82, 2.24) is 9.97 Å². The smallest absolute Gasteiger partial charge is 0.289 e. The second kappa shape index (κ2) is 20.2. The molecule has 6 aromatic rings. The number of ether oxygens (including phenoxy) is 1. The van der Waals surface area contributed by atoms with Crippen LogP contribution in [0.2, 0.25) is 0 Å². The third-order valence-electron chi connectivity index (χ3n) is 6.63. The van der Waals surface area contributed by atoms with Gasteiger partial charge in [-0.05, 0) is 56.6 Å². The van der Waals surface area contributed by atoms with Crippen molar-refractivity contribution in [3.05, 3.63) is 141 Å². The Bertz CT molecular complexity index is 2000. The van der Waals surface area contributed by atoms with Crippen LogP contribution in [0.25, 0.3) is 21.5 Å². The van der Waals surface area contributed by atoms with Gasteiger partial charge in [0.25, 0.3) is 44.0 Å². The molecule has 2 N–H and O–H groups in total. The second-order valence-electron chi connectivity index (χ2n) is 9.95. The number of hydrogen-bond donors (Lipinski definition) is 2. The maximum Gasteiger partial charge on any atom is 0.289 e. The first-order chi connectivity index (χ1) is 23.1. The minimum atomic E-state index is -0.457. The Morgan fingerprint density at radius 1 is 0.688 bits per heavy atom. The van der Waals surface area contributed by atoms with E-state index < -0.39 is 4.92 Å². The number of aliphatic hydroxyl groups excluding tert-OH is 1. The van der Waals surface area contributed by atoms with Gasteiger partial charge >= 0.3 is 0 Å². The van der Waals surface area contributed by atoms with Crippen molar-refractivity contribution in [3.8, 4) is 11.5 Å². The lowest BCUT2D eigenvalue weighted by Gasteiger charge is -2.10. The third kappa shape index (κ3) is 11.6. The molecule has 0 radical (unpaired) electrons. The summed E-state index contributed by atoms with van der Waals surface area (Å²) in [6.45, 7) is 0.539. The summed E-state index contributed by atoms with van der Waals surface area (Å²) in [4.78, 5) is 29.2. The van der Waals surface area contributed by atoms with Crippen LogP contribution in [-0.4, -0.2) is 65.0 Å². The van der Waals surface area contributed by atoms with Gasteiger partial charge in [0.2, 0.25) is 0 Å². The van der Waals surface area contributed by atoms with E-state index in [1.807, 2.05) is 36.4 Å². The van der Waals surface area contributed by atoms with Gasteiger partial charge in [0.15, 0.2) is 0 Å². The molecular weight excluding hydrogens is 872 g/mol. The van der Waals surface area contributed by atoms with Gasteiger partial charge in [-0.2, -0.15) is 0 Å². The van der Waals surface area contributed by atoms with E-state index in [9.17, 15) is 25.3 Å². The minimum Gasteiger partial charge on any atom is -0.507 e. The number of non-ortho nitro benzene ring substituents is 2. The van der Waals surface area contributed by atoms with Crippen LogP contribution in [0.4, 0.5) is 11.4 Å². The maximum atomic E-state index is 11.1. The molecule has 0 amide bonds. The van der Waals surface area contributed by atoms with Crippen LogP contribution in [0.3, 0.4) is 0 Å². The number of hydrogen-bond acceptors (Lipinski definition) is 9. The van der Waals surface area contributed by atoms with Gasteiger partial charge < -0.3 is 14.9 Å². The fraction of sp³-hybridized carbons (Fsp3) is 0.0909. The summed E-state index contributed by atoms with van der Waals surface area (Å²) in [5, 5.41) is 42.2. The molecule has 48 heavy (non-hydrogen) atoms. The van der Waals surface area contributed by atoms with Gasteiger partial charge in [0.1, 0.15) is 18.1 Å². The Morgan fingerprint density at radius 3 is 1.65 bits per heavy atom. The Morgan fingerprint density at radius 2 is 1.15 bits per heavy atom. The average Bonchev–Trinajstić information content (AvgIpc) is 3.08. The number of pyridine rings is 2. The van der Waals surface area contributed by atoms with E-state index in [2.05, 4.69) is 55.1 Å². The molecule has 0 spiro atoms. The van der Waals surface area contributed by atoms with Crippen LogP contribution in [0, 0.1) is 20.2 Å². The van der Waals surface area contributed by atoms with Crippen LogP contribution in [0.1, 0.15) is 11.1 Å². The molecule has 0 saturated carbocycles. The molecule has 0 fully saturated rings. The van der Waals surface area contributed by atoms with Crippen molar-refractivity contribution in [2.75, 3.05) is 2.43 Å². The molecule has 2 heterocycles. The number of nitro groups is 2. The zero-order valence-electron chi connectivity index (χ0n) is 26.0. The fourth-order valence-electron chi connectivity index (χ4n) is 4.52. The van der Waals surface area contributed by atoms with Crippen LogP contribution in [0.5, 0.6) is 11.5 Å². The molecule has 15 heteroatoms. The molecule has 244 valence electrons. The number of nitrogens with zero attached hydrogens (tertiary/aromatic N) is 4. The topological polar surface area (TPSA) is 162 Å². The quantitative estimate of drug-likeness (QED) is 0.0764. The van der Waals surface area contributed by atoms with Gasteiger partial charge in [0, 0.05) is 35.3 Å². The number of aromatic nitrogens is 2. The SMILES string of the molecule is ICI.O=[N+]([O-])c1ccc(O)c2ccccc12.O=[N+]([O-])c1ccc(OCc2ccn[c]([AlH2])c2)c2ccccc12.OCc1ccn[c]([AlH2])c1. The summed E-state index contributed by atoms with van der Waals surface area (Å²) in [5.41, 5.74) is 2.10. The highest BCUT2D eigenvalue weighted by molar-refractivity contribution is 14.2. The number of aliphatic hydroxyl groups is 1. The van der Waals surface area contributed by atoms with Gasteiger partial charge in [-0.25, -0.2) is 0 Å². The number of phenolic OH excluding ortho intramolecular Hbond substituents is 1. The highest BCUT2D eigenvalue weighted by atomic mass is 127. The molecule has 4 aromatic carbocycles. The lowest BCUT2D eigenvalue weighted by atomic mass is 10.1. The van der Waals surface area contributed by atoms with Crippen molar-refractivity contribution >= 4 is 120 Å². The summed E-state index contributed by atoms with van der Waals surface area (Å²) in [6.07, 6.45) is 3.50. The summed E-state index contributed by atoms with van der Waals surface area (Å²) < 4.78 is 9.20. The number of alkyl halides is 2. The largest absolute Gasteiger partial charge is 0.507 e. The summed E-state index contributed by atoms with van der Waals surface area (Å²) in [5.74, 6) is 0.708. The van der Waals surface area contributed by atoms with E-state index >= 15 is 0 Å². The predicted molar refractivity (Wildman–Crippen MR) is 211 cm³/mol. The predicted octanol–water partition coefficient (Wildman–Crippen LogP) is 5.08. The Kier molecular flexibility index (Phi) is 16.4. The van der Waals surface area contributed by atoms with Crippen LogP contribution in [-0.2, 0) is 13.2 Å². The molecule has 0 atom stereocenters. The lowest BCUT2D eigenvalue weighted by Crippen LogP contribution is -2.09. The van der Waals surface area contributed by atoms with Crippen molar-refractivity contribution < 1.29 is 24.8 Å². The molecule has 0 aliphatic rings. The van der Waals surface area contributed by atoms with E-state index in [1.165, 1.54) is 20.6 Å². The number of aromatic hydroxyl groups is 1. The zero-order chi connectivity index (χ0) is 35.1. The molecule has 0 aliphatic carbocycles. The number of phenols is 1. The first kappa shape index (κ1) is 39.0. The summed E-state index contributed by atoms with van der Waals surface area (Å²) in [6, 6.07) is 27.4. The van der Waals surface area contributed by atoms with E-state index in [0.29, 0.717) is 28.5 Å². The van der Waals surface area contributed by atoms with Crippen molar-refractivity contribution in [2.24, 2.45) is 0 Å². The molecule has 6 rings (SSSR count). The van der Waals surface area contributed by atoms with Crippen molar-refractivity contribution in [2.45, 2.75) is 13.2 Å². The zero-order valence-corrected chi connectivity index (χ0v) is 34.3. The maximum absolute atomic E-state index is 11.1. The first-order valence-electron chi connectivity index (χ1n) is 14.3. The summed E-state index contributed by atoms with van der Waals surface area (Å²) >= 11 is 6.40. The summed E-state index contributed by atoms with van der Waals surface area (Å²) in [7, 11) is 0. The minimum absolute atomic E-state index is 0.0124. The monoisotopic (exact) mass is 902 g/mol. The normalized spacial score (nSPS) is 9.98. The van der Waals surface area contributed by atoms with Gasteiger partial charge in [0.05, 0.1) is 29.7 Å². The van der Waals surface area contributed by atoms with Crippen molar-refractivity contribution in [1.29, 1.82) is 0 Å². The highest BCUT2D eigenvalue weighted by Gasteiger charge is 2.15. The Balaban J connectivity index is 0.000000205. The second-order valence-corrected chi connectivity index (χ2v) is 16.4. The molecule has 11 nitrogen and oxygen atoms in total. The lowest BCUT2D eigenvalue weighted by molar-refractivity contribution is -0.383. The molecule has 2 aromatic heterocycles. The first-order valence-corrected chi connectivity index (χ1v) is 19.3. The number of benzene rings is 4. The number of halogens is 2. The molecule has 0 saturated heterocycles. The standard InChI is InChI=1S/C16H11N2O3.C10H7NO3.C6H6NO.CH2I2.2Al.4H/c19-18(20)15-5-6-16(14-4-2-1-3-13(14)15)21-11-12-7-9-17-10-8-12;12-10-6-5-9(11(13)14)7-3-1-2-4-8(7)10;8-5-6-1-3-7-4-2-6;2-1-3;;;;;;/h1-9H,11H2;1-6,12H;1-3,8H,5H2;1H2;;;;;;. The van der Waals surface area contributed by atoms with Crippen LogP contribution >= 0.6 is 45.2 Å². The average molecular weight is 902 g/mol. The van der Waals surface area contributed by atoms with Crippen LogP contribution < -0.4 is 13.8 Å². The third-order valence-corrected chi connectivity index (χ3v) is 7.73. The van der Waals surface area contributed by atoms with E-state index in [0.717, 1.165) is 58.2 Å². The molecule has 0 aliphatic heterocycles. The number of fused-ring (bicyclic) bond motifs is 2. The molecule has 0 bridgehead atoms. The Hall–Kier alpha value is -3.42. The van der Waals surface area contributed by atoms with E-state index in [1.54, 1.807) is 54.9 Å². The van der Waals surface area contributed by atoms with Gasteiger partial charge in [-0.3, -0.25) is 30.2 Å². The van der Waals surface area contributed by atoms with Gasteiger partial charge in [-0.1, -0.05) is 93.7 Å². The Labute approximate surface area is 319 Å². The van der Waals surface area contributed by atoms with Crippen molar-refractivity contribution in [3.63, 3.8) is 0 Å².